The van der Waals surface area contributed by atoms with Crippen molar-refractivity contribution >= 4 is 38.5 Å². The van der Waals surface area contributed by atoms with E-state index in [1.165, 1.54) is 19.2 Å². The maximum absolute atomic E-state index is 12.2. The average Bonchev–Trinajstić information content (AvgIpc) is 2.55. The minimum Gasteiger partial charge on any atom is -0.348 e. The molecular formula is C16H17IN2O3S. The third kappa shape index (κ3) is 4.30. The first-order valence-electron chi connectivity index (χ1n) is 6.91. The molecule has 1 amide bonds. The van der Waals surface area contributed by atoms with Gasteiger partial charge in [-0.15, -0.1) is 0 Å². The molecule has 7 heteroatoms. The Morgan fingerprint density at radius 1 is 1.13 bits per heavy atom. The lowest BCUT2D eigenvalue weighted by Gasteiger charge is -2.09. The van der Waals surface area contributed by atoms with Crippen LogP contribution in [0.5, 0.6) is 0 Å². The quantitative estimate of drug-likeness (QED) is 0.696. The van der Waals surface area contributed by atoms with Crippen LogP contribution >= 0.6 is 22.6 Å². The summed E-state index contributed by atoms with van der Waals surface area (Å²) < 4.78 is 26.5. The second kappa shape index (κ2) is 7.41. The summed E-state index contributed by atoms with van der Waals surface area (Å²) in [6, 6.07) is 12.0. The number of nitrogens with one attached hydrogen (secondary N) is 2. The van der Waals surface area contributed by atoms with Crippen LogP contribution in [0.15, 0.2) is 47.4 Å². The number of hydrogen-bond donors (Lipinski definition) is 2. The molecule has 2 N–H and O–H groups in total. The van der Waals surface area contributed by atoms with Gasteiger partial charge in [0.25, 0.3) is 5.91 Å². The van der Waals surface area contributed by atoms with Crippen molar-refractivity contribution in [3.63, 3.8) is 0 Å². The van der Waals surface area contributed by atoms with E-state index >= 15 is 0 Å². The molecule has 122 valence electrons. The molecule has 2 aromatic rings. The zero-order valence-corrected chi connectivity index (χ0v) is 15.7. The highest BCUT2D eigenvalue weighted by Gasteiger charge is 2.12. The second-order valence-electron chi connectivity index (χ2n) is 4.97. The SMILES string of the molecule is CNS(=O)(=O)c1ccc(CNC(=O)c2cccc(C)c2I)cc1. The highest BCUT2D eigenvalue weighted by atomic mass is 127. The van der Waals surface area contributed by atoms with Crippen LogP contribution in [-0.4, -0.2) is 21.4 Å². The van der Waals surface area contributed by atoms with Crippen molar-refractivity contribution in [2.45, 2.75) is 18.4 Å². The van der Waals surface area contributed by atoms with Crippen molar-refractivity contribution in [3.05, 3.63) is 62.7 Å². The fraction of sp³-hybridized carbons (Fsp3) is 0.188. The Labute approximate surface area is 149 Å². The molecule has 0 radical (unpaired) electrons. The van der Waals surface area contributed by atoms with Gasteiger partial charge in [-0.2, -0.15) is 0 Å². The Morgan fingerprint density at radius 3 is 2.39 bits per heavy atom. The van der Waals surface area contributed by atoms with Crippen molar-refractivity contribution < 1.29 is 13.2 Å². The standard InChI is InChI=1S/C16H17IN2O3S/c1-11-4-3-5-14(15(11)17)16(20)19-10-12-6-8-13(9-7-12)23(21,22)18-2/h3-9,18H,10H2,1-2H3,(H,19,20). The number of carbonyl (C=O) groups excluding carboxylic acids is 1. The number of rotatable bonds is 5. The molecule has 0 bridgehead atoms. The Balaban J connectivity index is 2.06. The average molecular weight is 444 g/mol. The van der Waals surface area contributed by atoms with E-state index in [1.807, 2.05) is 19.1 Å². The minimum atomic E-state index is -3.44. The predicted molar refractivity (Wildman–Crippen MR) is 97.8 cm³/mol. The highest BCUT2D eigenvalue weighted by molar-refractivity contribution is 14.1. The third-order valence-electron chi connectivity index (χ3n) is 3.39. The first-order valence-corrected chi connectivity index (χ1v) is 9.47. The number of carbonyl (C=O) groups is 1. The smallest absolute Gasteiger partial charge is 0.252 e. The Morgan fingerprint density at radius 2 is 1.78 bits per heavy atom. The highest BCUT2D eigenvalue weighted by Crippen LogP contribution is 2.17. The summed E-state index contributed by atoms with van der Waals surface area (Å²) in [5.41, 5.74) is 2.52. The molecule has 0 aliphatic carbocycles. The van der Waals surface area contributed by atoms with Gasteiger partial charge in [0.1, 0.15) is 0 Å². The van der Waals surface area contributed by atoms with Gasteiger partial charge >= 0.3 is 0 Å². The van der Waals surface area contributed by atoms with Crippen LogP contribution in [0.2, 0.25) is 0 Å². The maximum atomic E-state index is 12.2. The van der Waals surface area contributed by atoms with Crippen molar-refractivity contribution in [3.8, 4) is 0 Å². The van der Waals surface area contributed by atoms with Gasteiger partial charge in [-0.1, -0.05) is 24.3 Å². The molecule has 0 aromatic heterocycles. The lowest BCUT2D eigenvalue weighted by molar-refractivity contribution is 0.0950. The monoisotopic (exact) mass is 444 g/mol. The van der Waals surface area contributed by atoms with Gasteiger partial charge in [0.15, 0.2) is 0 Å². The zero-order chi connectivity index (χ0) is 17.0. The van der Waals surface area contributed by atoms with Gasteiger partial charge in [0.05, 0.1) is 10.5 Å². The molecular weight excluding hydrogens is 427 g/mol. The first kappa shape index (κ1) is 17.9. The molecule has 0 aliphatic heterocycles. The minimum absolute atomic E-state index is 0.148. The van der Waals surface area contributed by atoms with Gasteiger partial charge in [-0.05, 0) is 65.9 Å². The summed E-state index contributed by atoms with van der Waals surface area (Å²) in [6.45, 7) is 2.29. The van der Waals surface area contributed by atoms with Gasteiger partial charge < -0.3 is 5.32 Å². The zero-order valence-electron chi connectivity index (χ0n) is 12.8. The van der Waals surface area contributed by atoms with Crippen LogP contribution in [0.25, 0.3) is 0 Å². The molecule has 0 heterocycles. The van der Waals surface area contributed by atoms with E-state index in [2.05, 4.69) is 32.6 Å². The topological polar surface area (TPSA) is 75.3 Å². The second-order valence-corrected chi connectivity index (χ2v) is 7.94. The molecule has 0 unspecified atom stereocenters. The van der Waals surface area contributed by atoms with Gasteiger partial charge in [-0.25, -0.2) is 13.1 Å². The molecule has 0 fully saturated rings. The van der Waals surface area contributed by atoms with E-state index in [-0.39, 0.29) is 10.8 Å². The largest absolute Gasteiger partial charge is 0.348 e. The molecule has 0 spiro atoms. The molecule has 23 heavy (non-hydrogen) atoms. The first-order chi connectivity index (χ1) is 10.8. The maximum Gasteiger partial charge on any atom is 0.252 e. The van der Waals surface area contributed by atoms with Crippen LogP contribution in [0.1, 0.15) is 21.5 Å². The number of sulfonamides is 1. The van der Waals surface area contributed by atoms with Crippen molar-refractivity contribution in [1.82, 2.24) is 10.0 Å². The summed E-state index contributed by atoms with van der Waals surface area (Å²) in [5.74, 6) is -0.148. The van der Waals surface area contributed by atoms with Crippen molar-refractivity contribution in [1.29, 1.82) is 0 Å². The molecule has 0 saturated carbocycles. The van der Waals surface area contributed by atoms with E-state index in [1.54, 1.807) is 18.2 Å². The number of hydrogen-bond acceptors (Lipinski definition) is 3. The van der Waals surface area contributed by atoms with E-state index in [0.717, 1.165) is 14.7 Å². The third-order valence-corrected chi connectivity index (χ3v) is 6.25. The van der Waals surface area contributed by atoms with Crippen LogP contribution in [0, 0.1) is 10.5 Å². The van der Waals surface area contributed by atoms with E-state index < -0.39 is 10.0 Å². The molecule has 0 aliphatic rings. The van der Waals surface area contributed by atoms with Crippen LogP contribution in [-0.2, 0) is 16.6 Å². The Bertz CT molecular complexity index is 818. The molecule has 2 rings (SSSR count). The van der Waals surface area contributed by atoms with Gasteiger partial charge in [0, 0.05) is 10.1 Å². The summed E-state index contributed by atoms with van der Waals surface area (Å²) in [5, 5.41) is 2.85. The van der Waals surface area contributed by atoms with E-state index in [0.29, 0.717) is 12.1 Å². The Kier molecular flexibility index (Phi) is 5.77. The van der Waals surface area contributed by atoms with Crippen LogP contribution in [0.4, 0.5) is 0 Å². The van der Waals surface area contributed by atoms with Crippen LogP contribution < -0.4 is 10.0 Å². The summed E-state index contributed by atoms with van der Waals surface area (Å²) in [4.78, 5) is 12.4. The summed E-state index contributed by atoms with van der Waals surface area (Å²) in [6.07, 6.45) is 0. The van der Waals surface area contributed by atoms with Crippen molar-refractivity contribution in [2.24, 2.45) is 0 Å². The fourth-order valence-corrected chi connectivity index (χ4v) is 3.34. The summed E-state index contributed by atoms with van der Waals surface area (Å²) in [7, 11) is -2.07. The number of aryl methyl sites for hydroxylation is 1. The molecule has 0 atom stereocenters. The normalized spacial score (nSPS) is 11.3. The lowest BCUT2D eigenvalue weighted by atomic mass is 10.1. The summed E-state index contributed by atoms with van der Waals surface area (Å²) >= 11 is 2.16. The van der Waals surface area contributed by atoms with Crippen molar-refractivity contribution in [2.75, 3.05) is 7.05 Å². The van der Waals surface area contributed by atoms with E-state index in [4.69, 9.17) is 0 Å². The van der Waals surface area contributed by atoms with Gasteiger partial charge in [0.2, 0.25) is 10.0 Å². The number of benzene rings is 2. The molecule has 5 nitrogen and oxygen atoms in total. The predicted octanol–water partition coefficient (Wildman–Crippen LogP) is 2.44. The number of amides is 1. The molecule has 0 saturated heterocycles. The molecule has 2 aromatic carbocycles. The fourth-order valence-electron chi connectivity index (χ4n) is 2.00. The van der Waals surface area contributed by atoms with Gasteiger partial charge in [-0.3, -0.25) is 4.79 Å². The van der Waals surface area contributed by atoms with Crippen LogP contribution in [0.3, 0.4) is 0 Å². The lowest BCUT2D eigenvalue weighted by Crippen LogP contribution is -2.24. The number of halogens is 1. The Hall–Kier alpha value is -1.45. The van der Waals surface area contributed by atoms with E-state index in [9.17, 15) is 13.2 Å².